The molecule has 2 aliphatic rings. The smallest absolute Gasteiger partial charge is 0.325 e. The van der Waals surface area contributed by atoms with E-state index < -0.39 is 17.9 Å². The Kier molecular flexibility index (Phi) is 4.84. The molecule has 8 heteroatoms. The molecule has 0 bridgehead atoms. The molecule has 0 fully saturated rings. The van der Waals surface area contributed by atoms with Gasteiger partial charge in [-0.1, -0.05) is 24.3 Å². The maximum Gasteiger partial charge on any atom is 0.325 e. The van der Waals surface area contributed by atoms with Gasteiger partial charge in [0.25, 0.3) is 5.91 Å². The number of amides is 2. The number of nitrogens with zero attached hydrogens (tertiary/aromatic N) is 1. The highest BCUT2D eigenvalue weighted by molar-refractivity contribution is 6.01. The first-order chi connectivity index (χ1) is 14.0. The Morgan fingerprint density at radius 1 is 1.17 bits per heavy atom. The summed E-state index contributed by atoms with van der Waals surface area (Å²) in [4.78, 5) is 39.2. The van der Waals surface area contributed by atoms with E-state index in [1.165, 1.54) is 7.11 Å². The zero-order valence-electron chi connectivity index (χ0n) is 16.0. The number of carbonyl (C=O) groups is 3. The molecule has 0 aliphatic carbocycles. The van der Waals surface area contributed by atoms with Gasteiger partial charge >= 0.3 is 5.97 Å². The van der Waals surface area contributed by atoms with Gasteiger partial charge in [0.1, 0.15) is 6.54 Å². The second-order valence-corrected chi connectivity index (χ2v) is 6.83. The molecule has 0 saturated heterocycles. The maximum absolute atomic E-state index is 13.1. The third-order valence-electron chi connectivity index (χ3n) is 5.23. The summed E-state index contributed by atoms with van der Waals surface area (Å²) in [5, 5.41) is 2.62. The number of hydrogen-bond acceptors (Lipinski definition) is 6. The van der Waals surface area contributed by atoms with Crippen molar-refractivity contribution in [3.8, 4) is 11.5 Å². The van der Waals surface area contributed by atoms with Gasteiger partial charge in [-0.05, 0) is 29.3 Å². The molecule has 2 aromatic carbocycles. The molecular weight excluding hydrogens is 376 g/mol. The van der Waals surface area contributed by atoms with Crippen LogP contribution >= 0.6 is 0 Å². The molecule has 2 amide bonds. The standard InChI is InChI=1S/C21H20N2O6/c1-23-19(12-7-8-15-16(9-12)29-11-28-15)18(20(25)22-10-17(24)27-2)13-5-3-4-6-14(13)21(23)26/h3-9,18-19H,10-11H2,1-2H3,(H,22,25)/t18-,19+/m0/s1. The predicted molar refractivity (Wildman–Crippen MR) is 102 cm³/mol. The van der Waals surface area contributed by atoms with Crippen molar-refractivity contribution in [2.45, 2.75) is 12.0 Å². The highest BCUT2D eigenvalue weighted by Gasteiger charge is 2.43. The Hall–Kier alpha value is -3.55. The van der Waals surface area contributed by atoms with Crippen LogP contribution in [0.4, 0.5) is 0 Å². The average molecular weight is 396 g/mol. The molecular formula is C21H20N2O6. The van der Waals surface area contributed by atoms with Crippen LogP contribution in [-0.2, 0) is 14.3 Å². The minimum atomic E-state index is -0.709. The number of fused-ring (bicyclic) bond motifs is 2. The van der Waals surface area contributed by atoms with Gasteiger partial charge in [-0.3, -0.25) is 14.4 Å². The summed E-state index contributed by atoms with van der Waals surface area (Å²) in [7, 11) is 2.92. The van der Waals surface area contributed by atoms with Gasteiger partial charge in [0.15, 0.2) is 11.5 Å². The molecule has 0 radical (unpaired) electrons. The number of esters is 1. The van der Waals surface area contributed by atoms with Crippen LogP contribution in [0.3, 0.4) is 0 Å². The molecule has 2 aromatic rings. The van der Waals surface area contributed by atoms with E-state index in [0.29, 0.717) is 22.6 Å². The van der Waals surface area contributed by atoms with Crippen LogP contribution in [0.2, 0.25) is 0 Å². The highest BCUT2D eigenvalue weighted by atomic mass is 16.7. The second-order valence-electron chi connectivity index (χ2n) is 6.83. The molecule has 8 nitrogen and oxygen atoms in total. The molecule has 150 valence electrons. The summed E-state index contributed by atoms with van der Waals surface area (Å²) in [6, 6.07) is 11.8. The Balaban J connectivity index is 1.77. The Labute approximate surface area is 167 Å². The first-order valence-corrected chi connectivity index (χ1v) is 9.11. The summed E-state index contributed by atoms with van der Waals surface area (Å²) < 4.78 is 15.4. The Morgan fingerprint density at radius 2 is 1.93 bits per heavy atom. The van der Waals surface area contributed by atoms with Crippen LogP contribution in [0, 0.1) is 0 Å². The number of ether oxygens (including phenoxy) is 3. The lowest BCUT2D eigenvalue weighted by Crippen LogP contribution is -2.46. The number of benzene rings is 2. The number of likely N-dealkylation sites (N-methyl/N-ethyl adjacent to an activating group) is 1. The summed E-state index contributed by atoms with van der Waals surface area (Å²) in [6.07, 6.45) is 0. The average Bonchev–Trinajstić information content (AvgIpc) is 3.22. The Morgan fingerprint density at radius 3 is 2.72 bits per heavy atom. The summed E-state index contributed by atoms with van der Waals surface area (Å²) in [6.45, 7) is -0.121. The van der Waals surface area contributed by atoms with Crippen molar-refractivity contribution in [2.24, 2.45) is 0 Å². The van der Waals surface area contributed by atoms with Crippen molar-refractivity contribution < 1.29 is 28.6 Å². The van der Waals surface area contributed by atoms with Crippen molar-refractivity contribution in [1.29, 1.82) is 0 Å². The van der Waals surface area contributed by atoms with E-state index in [1.54, 1.807) is 48.3 Å². The second kappa shape index (κ2) is 7.46. The fourth-order valence-electron chi connectivity index (χ4n) is 3.81. The van der Waals surface area contributed by atoms with E-state index in [-0.39, 0.29) is 25.2 Å². The van der Waals surface area contributed by atoms with E-state index in [2.05, 4.69) is 10.1 Å². The van der Waals surface area contributed by atoms with Crippen molar-refractivity contribution >= 4 is 17.8 Å². The topological polar surface area (TPSA) is 94.2 Å². The van der Waals surface area contributed by atoms with Crippen LogP contribution in [0.1, 0.15) is 33.4 Å². The molecule has 0 spiro atoms. The summed E-state index contributed by atoms with van der Waals surface area (Å²) in [5.74, 6) is -0.628. The lowest BCUT2D eigenvalue weighted by Gasteiger charge is -2.39. The van der Waals surface area contributed by atoms with E-state index in [1.807, 2.05) is 6.07 Å². The molecule has 2 atom stereocenters. The van der Waals surface area contributed by atoms with Crippen molar-refractivity contribution in [3.63, 3.8) is 0 Å². The Bertz CT molecular complexity index is 989. The molecule has 29 heavy (non-hydrogen) atoms. The van der Waals surface area contributed by atoms with Crippen LogP contribution in [0.15, 0.2) is 42.5 Å². The first kappa shape index (κ1) is 18.8. The minimum absolute atomic E-state index is 0.129. The van der Waals surface area contributed by atoms with Gasteiger partial charge in [-0.25, -0.2) is 0 Å². The molecule has 0 saturated carbocycles. The number of carbonyl (C=O) groups excluding carboxylic acids is 3. The molecule has 2 heterocycles. The van der Waals surface area contributed by atoms with Crippen LogP contribution in [0.5, 0.6) is 11.5 Å². The lowest BCUT2D eigenvalue weighted by atomic mass is 9.79. The monoisotopic (exact) mass is 396 g/mol. The van der Waals surface area contributed by atoms with Crippen molar-refractivity contribution in [3.05, 3.63) is 59.2 Å². The van der Waals surface area contributed by atoms with E-state index in [9.17, 15) is 14.4 Å². The SMILES string of the molecule is COC(=O)CNC(=O)[C@H]1c2ccccc2C(=O)N(C)[C@@H]1c1ccc2c(c1)OCO2. The quantitative estimate of drug-likeness (QED) is 0.790. The molecule has 0 unspecified atom stereocenters. The zero-order chi connectivity index (χ0) is 20.5. The number of hydrogen-bond donors (Lipinski definition) is 1. The van der Waals surface area contributed by atoms with Crippen LogP contribution in [0.25, 0.3) is 0 Å². The van der Waals surface area contributed by atoms with Crippen molar-refractivity contribution in [1.82, 2.24) is 10.2 Å². The minimum Gasteiger partial charge on any atom is -0.468 e. The van der Waals surface area contributed by atoms with Gasteiger partial charge in [0.05, 0.1) is 19.1 Å². The fourth-order valence-corrected chi connectivity index (χ4v) is 3.81. The lowest BCUT2D eigenvalue weighted by molar-refractivity contribution is -0.141. The van der Waals surface area contributed by atoms with Gasteiger partial charge < -0.3 is 24.4 Å². The molecule has 0 aromatic heterocycles. The van der Waals surface area contributed by atoms with Gasteiger partial charge in [-0.15, -0.1) is 0 Å². The van der Waals surface area contributed by atoms with Gasteiger partial charge in [-0.2, -0.15) is 0 Å². The maximum atomic E-state index is 13.1. The van der Waals surface area contributed by atoms with Crippen LogP contribution < -0.4 is 14.8 Å². The fraction of sp³-hybridized carbons (Fsp3) is 0.286. The predicted octanol–water partition coefficient (Wildman–Crippen LogP) is 1.61. The van der Waals surface area contributed by atoms with E-state index in [4.69, 9.17) is 9.47 Å². The van der Waals surface area contributed by atoms with Gasteiger partial charge in [0, 0.05) is 12.6 Å². The normalized spacial score (nSPS) is 19.5. The number of methoxy groups -OCH3 is 1. The summed E-state index contributed by atoms with van der Waals surface area (Å²) in [5.41, 5.74) is 1.81. The largest absolute Gasteiger partial charge is 0.468 e. The van der Waals surface area contributed by atoms with Gasteiger partial charge in [0.2, 0.25) is 12.7 Å². The third-order valence-corrected chi connectivity index (χ3v) is 5.23. The molecule has 2 aliphatic heterocycles. The van der Waals surface area contributed by atoms with Crippen molar-refractivity contribution in [2.75, 3.05) is 27.5 Å². The molecule has 4 rings (SSSR count). The number of rotatable bonds is 4. The highest BCUT2D eigenvalue weighted by Crippen LogP contribution is 2.44. The third kappa shape index (κ3) is 3.26. The van der Waals surface area contributed by atoms with Crippen LogP contribution in [-0.4, -0.2) is 50.2 Å². The van der Waals surface area contributed by atoms with E-state index >= 15 is 0 Å². The van der Waals surface area contributed by atoms with E-state index in [0.717, 1.165) is 5.56 Å². The molecule has 1 N–H and O–H groups in total. The number of nitrogens with one attached hydrogen (secondary N) is 1. The first-order valence-electron chi connectivity index (χ1n) is 9.11. The zero-order valence-corrected chi connectivity index (χ0v) is 16.0. The summed E-state index contributed by atoms with van der Waals surface area (Å²) >= 11 is 0.